The largest absolute Gasteiger partial charge is 0.491 e. The molecule has 2 heterocycles. The lowest BCUT2D eigenvalue weighted by Gasteiger charge is -2.09. The number of rotatable bonds is 5. The van der Waals surface area contributed by atoms with E-state index in [0.717, 1.165) is 12.1 Å². The topological polar surface area (TPSA) is 69.0 Å². The summed E-state index contributed by atoms with van der Waals surface area (Å²) < 4.78 is 34.7. The highest BCUT2D eigenvalue weighted by atomic mass is 19.1. The Balaban J connectivity index is 1.84. The summed E-state index contributed by atoms with van der Waals surface area (Å²) in [4.78, 5) is 16.4. The third kappa shape index (κ3) is 3.47. The Labute approximate surface area is 142 Å². The highest BCUT2D eigenvalue weighted by Crippen LogP contribution is 2.24. The van der Waals surface area contributed by atoms with Crippen LogP contribution in [0.15, 0.2) is 48.9 Å². The average Bonchev–Trinajstić information content (AvgIpc) is 3.07. The standard InChI is InChI=1S/C17H14F2N4O2/c1-2-25-13-7-6-12(18)15(16(13)19)17(24)22-11-9-21-23(10-11)14-5-3-4-8-20-14/h3-10H,2H2,1H3,(H,22,24). The van der Waals surface area contributed by atoms with Crippen LogP contribution in [0.2, 0.25) is 0 Å². The minimum Gasteiger partial charge on any atom is -0.491 e. The number of amides is 1. The summed E-state index contributed by atoms with van der Waals surface area (Å²) in [6.07, 6.45) is 4.44. The number of anilines is 1. The summed E-state index contributed by atoms with van der Waals surface area (Å²) in [5.41, 5.74) is -0.437. The number of benzene rings is 1. The van der Waals surface area contributed by atoms with Crippen molar-refractivity contribution in [2.24, 2.45) is 0 Å². The van der Waals surface area contributed by atoms with Crippen molar-refractivity contribution in [2.45, 2.75) is 6.92 Å². The Hall–Kier alpha value is -3.29. The Morgan fingerprint density at radius 3 is 2.84 bits per heavy atom. The lowest BCUT2D eigenvalue weighted by molar-refractivity contribution is 0.101. The van der Waals surface area contributed by atoms with E-state index in [1.807, 2.05) is 0 Å². The number of hydrogen-bond acceptors (Lipinski definition) is 4. The number of nitrogens with zero attached hydrogens (tertiary/aromatic N) is 3. The molecule has 8 heteroatoms. The molecular formula is C17H14F2N4O2. The Morgan fingerprint density at radius 2 is 2.12 bits per heavy atom. The van der Waals surface area contributed by atoms with Crippen LogP contribution >= 0.6 is 0 Å². The van der Waals surface area contributed by atoms with E-state index in [4.69, 9.17) is 4.74 Å². The highest BCUT2D eigenvalue weighted by Gasteiger charge is 2.22. The second-order valence-corrected chi connectivity index (χ2v) is 4.98. The van der Waals surface area contributed by atoms with Gasteiger partial charge in [0, 0.05) is 6.20 Å². The molecule has 2 aromatic heterocycles. The molecule has 6 nitrogen and oxygen atoms in total. The number of aromatic nitrogens is 3. The van der Waals surface area contributed by atoms with Gasteiger partial charge in [-0.1, -0.05) is 6.07 Å². The Bertz CT molecular complexity index is 897. The van der Waals surface area contributed by atoms with Gasteiger partial charge in [0.15, 0.2) is 17.4 Å². The van der Waals surface area contributed by atoms with E-state index in [1.165, 1.54) is 17.1 Å². The molecule has 3 rings (SSSR count). The van der Waals surface area contributed by atoms with Crippen molar-refractivity contribution in [3.63, 3.8) is 0 Å². The van der Waals surface area contributed by atoms with Gasteiger partial charge in [0.2, 0.25) is 0 Å². The molecule has 1 amide bonds. The van der Waals surface area contributed by atoms with Gasteiger partial charge in [-0.3, -0.25) is 4.79 Å². The normalized spacial score (nSPS) is 10.5. The van der Waals surface area contributed by atoms with Crippen molar-refractivity contribution < 1.29 is 18.3 Å². The second kappa shape index (κ2) is 7.08. The van der Waals surface area contributed by atoms with Crippen LogP contribution in [0.25, 0.3) is 5.82 Å². The van der Waals surface area contributed by atoms with Gasteiger partial charge in [0.25, 0.3) is 5.91 Å². The van der Waals surface area contributed by atoms with Gasteiger partial charge in [-0.05, 0) is 31.2 Å². The van der Waals surface area contributed by atoms with Crippen LogP contribution in [0.3, 0.4) is 0 Å². The minimum atomic E-state index is -1.04. The molecule has 25 heavy (non-hydrogen) atoms. The number of pyridine rings is 1. The molecule has 0 fully saturated rings. The lowest BCUT2D eigenvalue weighted by atomic mass is 10.1. The Morgan fingerprint density at radius 1 is 1.28 bits per heavy atom. The zero-order chi connectivity index (χ0) is 17.8. The van der Waals surface area contributed by atoms with Crippen molar-refractivity contribution >= 4 is 11.6 Å². The van der Waals surface area contributed by atoms with Gasteiger partial charge in [-0.25, -0.2) is 18.4 Å². The van der Waals surface area contributed by atoms with Crippen molar-refractivity contribution in [2.75, 3.05) is 11.9 Å². The molecular weight excluding hydrogens is 330 g/mol. The zero-order valence-electron chi connectivity index (χ0n) is 13.2. The highest BCUT2D eigenvalue weighted by molar-refractivity contribution is 6.04. The van der Waals surface area contributed by atoms with Crippen LogP contribution in [-0.2, 0) is 0 Å². The number of carbonyl (C=O) groups is 1. The monoisotopic (exact) mass is 344 g/mol. The first-order valence-corrected chi connectivity index (χ1v) is 7.48. The molecule has 0 aliphatic rings. The maximum atomic E-state index is 14.3. The first kappa shape index (κ1) is 16.6. The summed E-state index contributed by atoms with van der Waals surface area (Å²) in [6, 6.07) is 7.40. The minimum absolute atomic E-state index is 0.182. The third-order valence-electron chi connectivity index (χ3n) is 3.31. The van der Waals surface area contributed by atoms with E-state index in [9.17, 15) is 13.6 Å². The number of hydrogen-bond donors (Lipinski definition) is 1. The van der Waals surface area contributed by atoms with Crippen molar-refractivity contribution in [1.82, 2.24) is 14.8 Å². The molecule has 0 saturated heterocycles. The van der Waals surface area contributed by atoms with E-state index < -0.39 is 23.1 Å². The summed E-state index contributed by atoms with van der Waals surface area (Å²) in [6.45, 7) is 1.86. The molecule has 128 valence electrons. The quantitative estimate of drug-likeness (QED) is 0.772. The number of nitrogens with one attached hydrogen (secondary N) is 1. The van der Waals surface area contributed by atoms with Crippen LogP contribution < -0.4 is 10.1 Å². The first-order chi connectivity index (χ1) is 12.1. The molecule has 1 N–H and O–H groups in total. The maximum Gasteiger partial charge on any atom is 0.261 e. The maximum absolute atomic E-state index is 14.3. The van der Waals surface area contributed by atoms with Gasteiger partial charge >= 0.3 is 0 Å². The molecule has 0 saturated carbocycles. The summed E-state index contributed by atoms with van der Waals surface area (Å²) >= 11 is 0. The molecule has 0 bridgehead atoms. The second-order valence-electron chi connectivity index (χ2n) is 4.98. The number of ether oxygens (including phenoxy) is 1. The van der Waals surface area contributed by atoms with E-state index in [2.05, 4.69) is 15.4 Å². The molecule has 0 radical (unpaired) electrons. The third-order valence-corrected chi connectivity index (χ3v) is 3.31. The molecule has 0 unspecified atom stereocenters. The van der Waals surface area contributed by atoms with E-state index in [1.54, 1.807) is 31.3 Å². The summed E-state index contributed by atoms with van der Waals surface area (Å²) in [5.74, 6) is -2.60. The SMILES string of the molecule is CCOc1ccc(F)c(C(=O)Nc2cnn(-c3ccccn3)c2)c1F. The predicted molar refractivity (Wildman–Crippen MR) is 86.8 cm³/mol. The average molecular weight is 344 g/mol. The fraction of sp³-hybridized carbons (Fsp3) is 0.118. The molecule has 0 aliphatic heterocycles. The van der Waals surface area contributed by atoms with Gasteiger partial charge in [-0.2, -0.15) is 5.10 Å². The molecule has 0 spiro atoms. The van der Waals surface area contributed by atoms with Crippen molar-refractivity contribution in [3.8, 4) is 11.6 Å². The van der Waals surface area contributed by atoms with Crippen LogP contribution in [-0.4, -0.2) is 27.3 Å². The van der Waals surface area contributed by atoms with Gasteiger partial charge < -0.3 is 10.1 Å². The van der Waals surface area contributed by atoms with Crippen LogP contribution in [0.4, 0.5) is 14.5 Å². The zero-order valence-corrected chi connectivity index (χ0v) is 13.2. The fourth-order valence-corrected chi connectivity index (χ4v) is 2.20. The van der Waals surface area contributed by atoms with Gasteiger partial charge in [0.1, 0.15) is 11.4 Å². The smallest absolute Gasteiger partial charge is 0.261 e. The molecule has 1 aromatic carbocycles. The van der Waals surface area contributed by atoms with Crippen LogP contribution in [0.1, 0.15) is 17.3 Å². The van der Waals surface area contributed by atoms with Crippen LogP contribution in [0.5, 0.6) is 5.75 Å². The Kier molecular flexibility index (Phi) is 4.69. The number of halogens is 2. The molecule has 0 atom stereocenters. The van der Waals surface area contributed by atoms with Crippen molar-refractivity contribution in [1.29, 1.82) is 0 Å². The number of carbonyl (C=O) groups excluding carboxylic acids is 1. The molecule has 3 aromatic rings. The summed E-state index contributed by atoms with van der Waals surface area (Å²) in [7, 11) is 0. The van der Waals surface area contributed by atoms with E-state index >= 15 is 0 Å². The molecule has 0 aliphatic carbocycles. The van der Waals surface area contributed by atoms with E-state index in [-0.39, 0.29) is 18.0 Å². The van der Waals surface area contributed by atoms with E-state index in [0.29, 0.717) is 5.82 Å². The summed E-state index contributed by atoms with van der Waals surface area (Å²) in [5, 5.41) is 6.47. The van der Waals surface area contributed by atoms with Gasteiger partial charge in [-0.15, -0.1) is 0 Å². The van der Waals surface area contributed by atoms with Crippen molar-refractivity contribution in [3.05, 3.63) is 66.1 Å². The lowest BCUT2D eigenvalue weighted by Crippen LogP contribution is -2.16. The van der Waals surface area contributed by atoms with Gasteiger partial charge in [0.05, 0.1) is 24.7 Å². The fourth-order valence-electron chi connectivity index (χ4n) is 2.20. The van der Waals surface area contributed by atoms with Crippen LogP contribution in [0, 0.1) is 11.6 Å². The predicted octanol–water partition coefficient (Wildman–Crippen LogP) is 3.20. The first-order valence-electron chi connectivity index (χ1n) is 7.48.